The summed E-state index contributed by atoms with van der Waals surface area (Å²) in [5.41, 5.74) is 1.33. The third-order valence-corrected chi connectivity index (χ3v) is 7.08. The number of nitrogens with one attached hydrogen (secondary N) is 1. The van der Waals surface area contributed by atoms with Gasteiger partial charge in [-0.3, -0.25) is 13.9 Å². The molecule has 10 heteroatoms. The Morgan fingerprint density at radius 3 is 2.17 bits per heavy atom. The van der Waals surface area contributed by atoms with Gasteiger partial charge in [-0.05, 0) is 61.2 Å². The molecule has 2 amide bonds. The van der Waals surface area contributed by atoms with E-state index in [-0.39, 0.29) is 43.7 Å². The molecule has 2 aromatic carbocycles. The van der Waals surface area contributed by atoms with E-state index >= 15 is 0 Å². The van der Waals surface area contributed by atoms with Crippen LogP contribution in [0.5, 0.6) is 5.75 Å². The number of benzene rings is 2. The average Bonchev–Trinajstić information content (AvgIpc) is 2.83. The van der Waals surface area contributed by atoms with Crippen LogP contribution in [0.4, 0.5) is 5.69 Å². The van der Waals surface area contributed by atoms with Crippen molar-refractivity contribution in [3.8, 4) is 5.75 Å². The van der Waals surface area contributed by atoms with Crippen molar-refractivity contribution in [3.63, 3.8) is 0 Å². The van der Waals surface area contributed by atoms with Crippen LogP contribution < -0.4 is 14.4 Å². The maximum Gasteiger partial charge on any atom is 0.242 e. The summed E-state index contributed by atoms with van der Waals surface area (Å²) in [6.07, 6.45) is 1.49. The molecule has 0 aliphatic carbocycles. The van der Waals surface area contributed by atoms with E-state index in [9.17, 15) is 18.0 Å². The SMILES string of the molecule is COc1ccc(CN(C(=O)CCCN(c2ccc(Cl)cc2)S(C)(=O)=O)[C@H](C)C(=O)NCC(C)C)cc1. The van der Waals surface area contributed by atoms with Gasteiger partial charge in [0.2, 0.25) is 21.8 Å². The summed E-state index contributed by atoms with van der Waals surface area (Å²) in [6.45, 7) is 6.58. The molecule has 0 aliphatic rings. The molecule has 8 nitrogen and oxygen atoms in total. The molecule has 1 atom stereocenters. The Labute approximate surface area is 219 Å². The lowest BCUT2D eigenvalue weighted by Crippen LogP contribution is -2.48. The summed E-state index contributed by atoms with van der Waals surface area (Å²) in [5.74, 6) is 0.510. The van der Waals surface area contributed by atoms with Crippen molar-refractivity contribution in [3.05, 3.63) is 59.1 Å². The standard InChI is InChI=1S/C26H36ClN3O5S/c1-19(2)17-28-26(32)20(3)29(18-21-8-14-24(35-4)15-9-21)25(31)7-6-16-30(36(5,33)34)23-12-10-22(27)11-13-23/h8-15,19-20H,6-7,16-18H2,1-5H3,(H,28,32)/t20-/m1/s1. The van der Waals surface area contributed by atoms with E-state index in [1.807, 2.05) is 26.0 Å². The van der Waals surface area contributed by atoms with Gasteiger partial charge in [0, 0.05) is 31.1 Å². The maximum atomic E-state index is 13.3. The highest BCUT2D eigenvalue weighted by Crippen LogP contribution is 2.22. The largest absolute Gasteiger partial charge is 0.497 e. The van der Waals surface area contributed by atoms with Crippen LogP contribution in [0.3, 0.4) is 0 Å². The zero-order valence-electron chi connectivity index (χ0n) is 21.5. The molecule has 2 rings (SSSR count). The third-order valence-electron chi connectivity index (χ3n) is 5.63. The second kappa shape index (κ2) is 13.5. The molecule has 0 aliphatic heterocycles. The molecule has 0 spiro atoms. The summed E-state index contributed by atoms with van der Waals surface area (Å²) in [6, 6.07) is 13.1. The smallest absolute Gasteiger partial charge is 0.242 e. The number of nitrogens with zero attached hydrogens (tertiary/aromatic N) is 2. The molecule has 0 saturated heterocycles. The van der Waals surface area contributed by atoms with Gasteiger partial charge in [-0.15, -0.1) is 0 Å². The van der Waals surface area contributed by atoms with Crippen molar-refractivity contribution in [1.82, 2.24) is 10.2 Å². The van der Waals surface area contributed by atoms with Gasteiger partial charge < -0.3 is 15.0 Å². The number of methoxy groups -OCH3 is 1. The van der Waals surface area contributed by atoms with Gasteiger partial charge in [0.15, 0.2) is 0 Å². The molecule has 0 bridgehead atoms. The quantitative estimate of drug-likeness (QED) is 0.415. The van der Waals surface area contributed by atoms with E-state index in [1.54, 1.807) is 50.4 Å². The van der Waals surface area contributed by atoms with Crippen molar-refractivity contribution in [2.24, 2.45) is 5.92 Å². The van der Waals surface area contributed by atoms with E-state index in [1.165, 1.54) is 9.21 Å². The minimum absolute atomic E-state index is 0.0809. The highest BCUT2D eigenvalue weighted by atomic mass is 35.5. The van der Waals surface area contributed by atoms with Crippen molar-refractivity contribution in [2.45, 2.75) is 46.2 Å². The summed E-state index contributed by atoms with van der Waals surface area (Å²) < 4.78 is 31.2. The Bertz CT molecular complexity index is 1110. The Kier molecular flexibility index (Phi) is 11.0. The molecule has 2 aromatic rings. The van der Waals surface area contributed by atoms with E-state index in [2.05, 4.69) is 5.32 Å². The summed E-state index contributed by atoms with van der Waals surface area (Å²) in [4.78, 5) is 27.6. The number of halogens is 1. The lowest BCUT2D eigenvalue weighted by Gasteiger charge is -2.29. The normalized spacial score (nSPS) is 12.2. The first kappa shape index (κ1) is 29.5. The molecule has 0 heterocycles. The summed E-state index contributed by atoms with van der Waals surface area (Å²) >= 11 is 5.93. The average molecular weight is 538 g/mol. The highest BCUT2D eigenvalue weighted by Gasteiger charge is 2.26. The van der Waals surface area contributed by atoms with E-state index in [4.69, 9.17) is 16.3 Å². The molecular weight excluding hydrogens is 502 g/mol. The zero-order valence-corrected chi connectivity index (χ0v) is 23.1. The molecule has 198 valence electrons. The fraction of sp³-hybridized carbons (Fsp3) is 0.462. The first-order valence-corrected chi connectivity index (χ1v) is 14.1. The molecule has 0 saturated carbocycles. The van der Waals surface area contributed by atoms with E-state index < -0.39 is 16.1 Å². The second-order valence-corrected chi connectivity index (χ2v) is 11.4. The van der Waals surface area contributed by atoms with E-state index in [0.29, 0.717) is 23.0 Å². The first-order chi connectivity index (χ1) is 16.9. The zero-order chi connectivity index (χ0) is 26.9. The second-order valence-electron chi connectivity index (χ2n) is 9.10. The van der Waals surface area contributed by atoms with E-state index in [0.717, 1.165) is 11.8 Å². The van der Waals surface area contributed by atoms with Gasteiger partial charge in [0.1, 0.15) is 11.8 Å². The monoisotopic (exact) mass is 537 g/mol. The third kappa shape index (κ3) is 9.02. The maximum absolute atomic E-state index is 13.3. The fourth-order valence-electron chi connectivity index (χ4n) is 3.57. The van der Waals surface area contributed by atoms with Gasteiger partial charge in [-0.1, -0.05) is 37.6 Å². The molecule has 0 radical (unpaired) electrons. The van der Waals surface area contributed by atoms with Gasteiger partial charge in [0.05, 0.1) is 19.1 Å². The van der Waals surface area contributed by atoms with Crippen molar-refractivity contribution in [1.29, 1.82) is 0 Å². The molecule has 36 heavy (non-hydrogen) atoms. The number of hydrogen-bond donors (Lipinski definition) is 1. The number of carbonyl (C=O) groups excluding carboxylic acids is 2. The van der Waals surface area contributed by atoms with Gasteiger partial charge in [0.25, 0.3) is 0 Å². The predicted octanol–water partition coefficient (Wildman–Crippen LogP) is 4.08. The predicted molar refractivity (Wildman–Crippen MR) is 144 cm³/mol. The fourth-order valence-corrected chi connectivity index (χ4v) is 4.67. The molecular formula is C26H36ClN3O5S. The number of hydrogen-bond acceptors (Lipinski definition) is 5. The molecule has 1 N–H and O–H groups in total. The van der Waals surface area contributed by atoms with Gasteiger partial charge >= 0.3 is 0 Å². The number of sulfonamides is 1. The minimum Gasteiger partial charge on any atom is -0.497 e. The Morgan fingerprint density at radius 2 is 1.64 bits per heavy atom. The number of anilines is 1. The molecule has 0 aromatic heterocycles. The summed E-state index contributed by atoms with van der Waals surface area (Å²) in [5, 5.41) is 3.39. The van der Waals surface area contributed by atoms with Crippen LogP contribution in [0.15, 0.2) is 48.5 Å². The first-order valence-electron chi connectivity index (χ1n) is 11.9. The lowest BCUT2D eigenvalue weighted by atomic mass is 10.1. The summed E-state index contributed by atoms with van der Waals surface area (Å²) in [7, 11) is -1.98. The van der Waals surface area contributed by atoms with Crippen LogP contribution in [-0.2, 0) is 26.2 Å². The number of ether oxygens (including phenoxy) is 1. The van der Waals surface area contributed by atoms with Crippen molar-refractivity contribution >= 4 is 39.1 Å². The number of rotatable bonds is 13. The van der Waals surface area contributed by atoms with Crippen molar-refractivity contribution < 1.29 is 22.7 Å². The Hall–Kier alpha value is -2.78. The van der Waals surface area contributed by atoms with Gasteiger partial charge in [-0.2, -0.15) is 0 Å². The lowest BCUT2D eigenvalue weighted by molar-refractivity contribution is -0.140. The number of carbonyl (C=O) groups is 2. The van der Waals surface area contributed by atoms with Gasteiger partial charge in [-0.25, -0.2) is 8.42 Å². The minimum atomic E-state index is -3.56. The molecule has 0 fully saturated rings. The topological polar surface area (TPSA) is 96.0 Å². The van der Waals surface area contributed by atoms with Crippen LogP contribution in [0.1, 0.15) is 39.2 Å². The van der Waals surface area contributed by atoms with Crippen LogP contribution >= 0.6 is 11.6 Å². The Morgan fingerprint density at radius 1 is 1.03 bits per heavy atom. The van der Waals surface area contributed by atoms with Crippen LogP contribution in [0.25, 0.3) is 0 Å². The molecule has 0 unspecified atom stereocenters. The highest BCUT2D eigenvalue weighted by molar-refractivity contribution is 7.92. The van der Waals surface area contributed by atoms with Crippen LogP contribution in [0, 0.1) is 5.92 Å². The Balaban J connectivity index is 2.15. The van der Waals surface area contributed by atoms with Crippen LogP contribution in [0.2, 0.25) is 5.02 Å². The van der Waals surface area contributed by atoms with Crippen LogP contribution in [-0.4, -0.2) is 57.6 Å². The van der Waals surface area contributed by atoms with Crippen molar-refractivity contribution in [2.75, 3.05) is 30.8 Å². The number of amides is 2.